The van der Waals surface area contributed by atoms with Gasteiger partial charge in [0, 0.05) is 0 Å². The van der Waals surface area contributed by atoms with Crippen LogP contribution in [-0.4, -0.2) is 0 Å². The molecule has 0 saturated carbocycles. The summed E-state index contributed by atoms with van der Waals surface area (Å²) in [6.45, 7) is 0. The fraction of sp³-hybridized carbons (Fsp3) is 0. The first-order valence-electron chi connectivity index (χ1n) is 0. The van der Waals surface area contributed by atoms with Gasteiger partial charge in [0.05, 0.1) is 0 Å². The Labute approximate surface area is 46.3 Å². The Balaban J connectivity index is 0. The quantitative estimate of drug-likeness (QED) is 0.315. The fourth-order valence-electron chi connectivity index (χ4n) is 0. The van der Waals surface area contributed by atoms with E-state index < -0.39 is 0 Å². The molecular weight excluding hydrogens is 167 g/mol. The first-order valence-corrected chi connectivity index (χ1v) is 0. The van der Waals surface area contributed by atoms with Crippen molar-refractivity contribution in [2.24, 2.45) is 0 Å². The molecule has 0 nitrogen and oxygen atoms in total. The third-order valence-corrected chi connectivity index (χ3v) is 0. The summed E-state index contributed by atoms with van der Waals surface area (Å²) in [7, 11) is 0. The second-order valence-electron chi connectivity index (χ2n) is 0. The third-order valence-electron chi connectivity index (χ3n) is 0. The normalized spacial score (nSPS) is 0. The Morgan fingerprint density at radius 3 is 0.750 bits per heavy atom. The molecule has 0 aliphatic rings. The molecule has 0 aromatic carbocycles. The molecule has 0 spiro atoms. The van der Waals surface area contributed by atoms with Crippen molar-refractivity contribution in [3.05, 3.63) is 0 Å². The molecule has 0 heterocycles. The Bertz CT molecular complexity index is 6.00. The van der Waals surface area contributed by atoms with Crippen molar-refractivity contribution >= 4 is 0 Å². The van der Waals surface area contributed by atoms with Crippen LogP contribution in [0, 0.1) is 0 Å². The van der Waals surface area contributed by atoms with E-state index in [9.17, 15) is 0 Å². The SMILES string of the molecule is [Cu+].[F-].[F-].[Zn+2]. The van der Waals surface area contributed by atoms with Gasteiger partial charge in [0.25, 0.3) is 0 Å². The van der Waals surface area contributed by atoms with Crippen molar-refractivity contribution in [1.29, 1.82) is 0 Å². The minimum Gasteiger partial charge on any atom is -1.00 e. The molecule has 4 heavy (non-hydrogen) atoms. The van der Waals surface area contributed by atoms with Crippen LogP contribution in [-0.2, 0) is 36.5 Å². The molecule has 0 radical (unpaired) electrons. The van der Waals surface area contributed by atoms with Gasteiger partial charge >= 0.3 is 36.5 Å². The van der Waals surface area contributed by atoms with Crippen LogP contribution in [0.4, 0.5) is 0 Å². The van der Waals surface area contributed by atoms with Gasteiger partial charge in [-0.15, -0.1) is 0 Å². The van der Waals surface area contributed by atoms with E-state index in [0.29, 0.717) is 0 Å². The second kappa shape index (κ2) is 35.9. The van der Waals surface area contributed by atoms with Gasteiger partial charge in [-0.25, -0.2) is 0 Å². The monoisotopic (exact) mass is 165 g/mol. The average Bonchev–Trinajstić information content (AvgIpc) is 0. The van der Waals surface area contributed by atoms with Crippen LogP contribution in [0.3, 0.4) is 0 Å². The van der Waals surface area contributed by atoms with Crippen LogP contribution < -0.4 is 9.41 Å². The molecule has 0 aromatic heterocycles. The zero-order valence-electron chi connectivity index (χ0n) is 1.76. The molecule has 26 valence electrons. The van der Waals surface area contributed by atoms with Gasteiger partial charge in [0.2, 0.25) is 0 Å². The molecule has 0 amide bonds. The molecule has 4 heteroatoms. The molecule has 0 unspecified atom stereocenters. The average molecular weight is 167 g/mol. The largest absolute Gasteiger partial charge is 2.00 e. The summed E-state index contributed by atoms with van der Waals surface area (Å²) in [4.78, 5) is 0. The van der Waals surface area contributed by atoms with Crippen LogP contribution in [0.2, 0.25) is 0 Å². The van der Waals surface area contributed by atoms with E-state index >= 15 is 0 Å². The maximum atomic E-state index is 0. The smallest absolute Gasteiger partial charge is 1.00 e. The first kappa shape index (κ1) is 79.7. The molecule has 0 aliphatic carbocycles. The molecule has 0 atom stereocenters. The Morgan fingerprint density at radius 2 is 0.750 bits per heavy atom. The van der Waals surface area contributed by atoms with Crippen LogP contribution in [0.1, 0.15) is 0 Å². The predicted octanol–water partition coefficient (Wildman–Crippen LogP) is -6.00. The van der Waals surface area contributed by atoms with Gasteiger partial charge in [-0.3, -0.25) is 0 Å². The molecule has 0 rings (SSSR count). The molecule has 0 saturated heterocycles. The van der Waals surface area contributed by atoms with Crippen molar-refractivity contribution in [2.45, 2.75) is 0 Å². The van der Waals surface area contributed by atoms with E-state index in [0.717, 1.165) is 0 Å². The van der Waals surface area contributed by atoms with Gasteiger partial charge in [-0.1, -0.05) is 0 Å². The zero-order valence-corrected chi connectivity index (χ0v) is 5.67. The molecule has 0 aliphatic heterocycles. The molecule has 0 fully saturated rings. The molecule has 0 bridgehead atoms. The van der Waals surface area contributed by atoms with Crippen molar-refractivity contribution in [1.82, 2.24) is 0 Å². The third kappa shape index (κ3) is 12.0. The van der Waals surface area contributed by atoms with Gasteiger partial charge in [0.15, 0.2) is 0 Å². The van der Waals surface area contributed by atoms with E-state index in [1.54, 1.807) is 0 Å². The van der Waals surface area contributed by atoms with Crippen molar-refractivity contribution in [2.75, 3.05) is 0 Å². The Morgan fingerprint density at radius 1 is 0.750 bits per heavy atom. The Hall–Kier alpha value is 1.00. The van der Waals surface area contributed by atoms with Crippen LogP contribution in [0.15, 0.2) is 0 Å². The van der Waals surface area contributed by atoms with Gasteiger partial charge < -0.3 is 9.41 Å². The van der Waals surface area contributed by atoms with Gasteiger partial charge in [0.1, 0.15) is 0 Å². The number of hydrogen-bond donors (Lipinski definition) is 0. The van der Waals surface area contributed by atoms with Crippen molar-refractivity contribution in [3.63, 3.8) is 0 Å². The van der Waals surface area contributed by atoms with Crippen LogP contribution in [0.5, 0.6) is 0 Å². The number of hydrogen-bond acceptors (Lipinski definition) is 0. The summed E-state index contributed by atoms with van der Waals surface area (Å²) < 4.78 is 0. The summed E-state index contributed by atoms with van der Waals surface area (Å²) in [5.41, 5.74) is 0. The summed E-state index contributed by atoms with van der Waals surface area (Å²) in [5, 5.41) is 0. The topological polar surface area (TPSA) is 0 Å². The van der Waals surface area contributed by atoms with E-state index in [1.165, 1.54) is 0 Å². The van der Waals surface area contributed by atoms with Crippen LogP contribution >= 0.6 is 0 Å². The predicted molar refractivity (Wildman–Crippen MR) is 0 cm³/mol. The van der Waals surface area contributed by atoms with E-state index in [2.05, 4.69) is 0 Å². The molecule has 0 aromatic rings. The van der Waals surface area contributed by atoms with E-state index in [1.807, 2.05) is 0 Å². The van der Waals surface area contributed by atoms with Gasteiger partial charge in [-0.05, 0) is 0 Å². The second-order valence-corrected chi connectivity index (χ2v) is 0. The van der Waals surface area contributed by atoms with Gasteiger partial charge in [-0.2, -0.15) is 0 Å². The summed E-state index contributed by atoms with van der Waals surface area (Å²) >= 11 is 0. The minimum absolute atomic E-state index is 0. The van der Waals surface area contributed by atoms with E-state index in [-0.39, 0.29) is 46.0 Å². The van der Waals surface area contributed by atoms with E-state index in [4.69, 9.17) is 0 Å². The molecule has 0 N–H and O–H groups in total. The van der Waals surface area contributed by atoms with Crippen LogP contribution in [0.25, 0.3) is 0 Å². The zero-order chi connectivity index (χ0) is 0. The maximum Gasteiger partial charge on any atom is 2.00 e. The fourth-order valence-corrected chi connectivity index (χ4v) is 0. The maximum absolute atomic E-state index is 0. The number of rotatable bonds is 0. The summed E-state index contributed by atoms with van der Waals surface area (Å²) in [5.74, 6) is 0. The minimum atomic E-state index is 0. The van der Waals surface area contributed by atoms with Crippen molar-refractivity contribution in [3.8, 4) is 0 Å². The summed E-state index contributed by atoms with van der Waals surface area (Å²) in [6.07, 6.45) is 0. The molecular formula is CuF2Zn+. The summed E-state index contributed by atoms with van der Waals surface area (Å²) in [6, 6.07) is 0. The standard InChI is InChI=1S/Cu.2FH.Zn/h;2*1H;/q+1;;;+2/p-2. The first-order chi connectivity index (χ1) is 0. The van der Waals surface area contributed by atoms with Crippen molar-refractivity contribution < 1.29 is 46.0 Å². The number of halogens is 2. The Kier molecular flexibility index (Phi) is 715.